The van der Waals surface area contributed by atoms with Crippen LogP contribution in [0.1, 0.15) is 49.9 Å². The molecule has 0 bridgehead atoms. The molecule has 184 valence electrons. The van der Waals surface area contributed by atoms with Gasteiger partial charge in [-0.25, -0.2) is 14.8 Å². The summed E-state index contributed by atoms with van der Waals surface area (Å²) < 4.78 is 6.12. The molecule has 9 heteroatoms. The van der Waals surface area contributed by atoms with E-state index in [1.807, 2.05) is 44.2 Å². The molecular weight excluding hydrogens is 485 g/mol. The summed E-state index contributed by atoms with van der Waals surface area (Å²) >= 11 is 12.9. The van der Waals surface area contributed by atoms with Gasteiger partial charge in [-0.2, -0.15) is 0 Å². The smallest absolute Gasteiger partial charge is 0.318 e. The molecule has 3 N–H and O–H groups in total. The lowest BCUT2D eigenvalue weighted by atomic mass is 9.93. The second kappa shape index (κ2) is 11.1. The molecule has 0 spiro atoms. The third-order valence-electron chi connectivity index (χ3n) is 6.01. The fourth-order valence-corrected chi connectivity index (χ4v) is 4.64. The van der Waals surface area contributed by atoms with Crippen LogP contribution in [0.25, 0.3) is 11.3 Å². The summed E-state index contributed by atoms with van der Waals surface area (Å²) in [5, 5.41) is 3.92. The van der Waals surface area contributed by atoms with Crippen LogP contribution in [0.2, 0.25) is 10.0 Å². The van der Waals surface area contributed by atoms with E-state index in [1.54, 1.807) is 17.0 Å². The fourth-order valence-electron chi connectivity index (χ4n) is 4.07. The first-order valence-corrected chi connectivity index (χ1v) is 12.6. The lowest BCUT2D eigenvalue weighted by Gasteiger charge is -2.28. The molecule has 1 aliphatic heterocycles. The number of nitrogens with zero attached hydrogens (tertiary/aromatic N) is 3. The predicted octanol–water partition coefficient (Wildman–Crippen LogP) is 6.22. The highest BCUT2D eigenvalue weighted by Gasteiger charge is 2.32. The molecule has 1 aliphatic carbocycles. The van der Waals surface area contributed by atoms with Crippen molar-refractivity contribution in [3.63, 3.8) is 0 Å². The molecule has 0 saturated heterocycles. The maximum Gasteiger partial charge on any atom is 0.318 e. The van der Waals surface area contributed by atoms with Crippen molar-refractivity contribution in [2.75, 3.05) is 5.73 Å². The van der Waals surface area contributed by atoms with E-state index in [-0.39, 0.29) is 18.0 Å². The zero-order valence-corrected chi connectivity index (χ0v) is 21.4. The van der Waals surface area contributed by atoms with E-state index >= 15 is 0 Å². The maximum atomic E-state index is 12.8. The highest BCUT2D eigenvalue weighted by Crippen LogP contribution is 2.42. The monoisotopic (exact) mass is 513 g/mol. The van der Waals surface area contributed by atoms with E-state index in [9.17, 15) is 4.79 Å². The Morgan fingerprint density at radius 2 is 1.89 bits per heavy atom. The first kappa shape index (κ1) is 25.1. The number of urea groups is 1. The van der Waals surface area contributed by atoms with Crippen molar-refractivity contribution in [3.8, 4) is 17.0 Å². The van der Waals surface area contributed by atoms with Crippen LogP contribution in [-0.2, 0) is 19.7 Å². The SMILES string of the molecule is CC.Nc1nc2c(c(-c3c(Cl)cc(Cl)cc3OCc3ccccc3)n1)CN(C(=O)NC1CCC1)C2. The van der Waals surface area contributed by atoms with Gasteiger partial charge in [-0.15, -0.1) is 0 Å². The average molecular weight is 514 g/mol. The van der Waals surface area contributed by atoms with Gasteiger partial charge in [0.25, 0.3) is 0 Å². The third-order valence-corrected chi connectivity index (χ3v) is 6.53. The Hall–Kier alpha value is -3.03. The molecule has 1 saturated carbocycles. The van der Waals surface area contributed by atoms with Crippen LogP contribution in [0.4, 0.5) is 10.7 Å². The van der Waals surface area contributed by atoms with Gasteiger partial charge < -0.3 is 20.7 Å². The second-order valence-corrected chi connectivity index (χ2v) is 9.17. The Kier molecular flexibility index (Phi) is 7.98. The molecule has 0 atom stereocenters. The number of ether oxygens (including phenoxy) is 1. The number of nitrogens with two attached hydrogens (primary N) is 1. The number of nitrogens with one attached hydrogen (secondary N) is 1. The first-order chi connectivity index (χ1) is 17.0. The molecule has 2 amide bonds. The summed E-state index contributed by atoms with van der Waals surface area (Å²) in [5.74, 6) is 0.610. The molecule has 1 aromatic heterocycles. The summed E-state index contributed by atoms with van der Waals surface area (Å²) in [7, 11) is 0. The molecule has 0 radical (unpaired) electrons. The largest absolute Gasteiger partial charge is 0.488 e. The van der Waals surface area contributed by atoms with Gasteiger partial charge in [0, 0.05) is 16.6 Å². The van der Waals surface area contributed by atoms with E-state index in [2.05, 4.69) is 15.3 Å². The van der Waals surface area contributed by atoms with Crippen molar-refractivity contribution in [3.05, 3.63) is 69.3 Å². The number of hydrogen-bond donors (Lipinski definition) is 2. The number of amides is 2. The Morgan fingerprint density at radius 1 is 1.14 bits per heavy atom. The van der Waals surface area contributed by atoms with Crippen LogP contribution in [0, 0.1) is 0 Å². The van der Waals surface area contributed by atoms with Crippen molar-refractivity contribution in [1.82, 2.24) is 20.2 Å². The second-order valence-electron chi connectivity index (χ2n) is 8.32. The van der Waals surface area contributed by atoms with E-state index in [1.165, 1.54) is 0 Å². The standard InChI is InChI=1S/C24H23Cl2N5O2.C2H6/c25-15-9-18(26)21(20(10-15)33-13-14-5-2-1-3-6-14)22-17-11-31(12-19(17)29-23(27)30-22)24(32)28-16-7-4-8-16;1-2/h1-3,5-6,9-10,16H,4,7-8,11-13H2,(H,28,32)(H2,27,29,30);1-2H3. The van der Waals surface area contributed by atoms with Crippen LogP contribution in [0.3, 0.4) is 0 Å². The van der Waals surface area contributed by atoms with E-state index < -0.39 is 0 Å². The number of carbonyl (C=O) groups excluding carboxylic acids is 1. The summed E-state index contributed by atoms with van der Waals surface area (Å²) in [4.78, 5) is 23.4. The number of aromatic nitrogens is 2. The van der Waals surface area contributed by atoms with Crippen molar-refractivity contribution in [1.29, 1.82) is 0 Å². The zero-order chi connectivity index (χ0) is 24.9. The van der Waals surface area contributed by atoms with Crippen molar-refractivity contribution in [2.24, 2.45) is 0 Å². The maximum absolute atomic E-state index is 12.8. The summed E-state index contributed by atoms with van der Waals surface area (Å²) in [6.07, 6.45) is 3.19. The summed E-state index contributed by atoms with van der Waals surface area (Å²) in [5.41, 5.74) is 9.71. The van der Waals surface area contributed by atoms with Gasteiger partial charge in [0.15, 0.2) is 0 Å². The fraction of sp³-hybridized carbons (Fsp3) is 0.346. The third kappa shape index (κ3) is 5.63. The highest BCUT2D eigenvalue weighted by molar-refractivity contribution is 6.37. The van der Waals surface area contributed by atoms with Gasteiger partial charge in [-0.05, 0) is 37.0 Å². The molecule has 3 aromatic rings. The van der Waals surface area contributed by atoms with Crippen molar-refractivity contribution in [2.45, 2.75) is 58.8 Å². The van der Waals surface area contributed by atoms with Crippen LogP contribution in [0.15, 0.2) is 42.5 Å². The van der Waals surface area contributed by atoms with Gasteiger partial charge >= 0.3 is 6.03 Å². The van der Waals surface area contributed by atoms with Crippen molar-refractivity contribution >= 4 is 35.2 Å². The lowest BCUT2D eigenvalue weighted by molar-refractivity contribution is 0.186. The topological polar surface area (TPSA) is 93.4 Å². The van der Waals surface area contributed by atoms with Gasteiger partial charge in [0.1, 0.15) is 12.4 Å². The minimum atomic E-state index is -0.107. The molecule has 2 aromatic carbocycles. The number of hydrogen-bond acceptors (Lipinski definition) is 5. The lowest BCUT2D eigenvalue weighted by Crippen LogP contribution is -2.45. The van der Waals surface area contributed by atoms with Crippen LogP contribution < -0.4 is 15.8 Å². The van der Waals surface area contributed by atoms with Crippen LogP contribution in [-0.4, -0.2) is 26.9 Å². The predicted molar refractivity (Wildman–Crippen MR) is 139 cm³/mol. The Balaban J connectivity index is 0.00000141. The molecule has 1 fully saturated rings. The quantitative estimate of drug-likeness (QED) is 0.422. The normalized spacial score (nSPS) is 14.5. The average Bonchev–Trinajstić information content (AvgIpc) is 3.25. The van der Waals surface area contributed by atoms with Gasteiger partial charge in [0.05, 0.1) is 35.1 Å². The molecule has 2 heterocycles. The molecule has 0 unspecified atom stereocenters. The molecule has 35 heavy (non-hydrogen) atoms. The van der Waals surface area contributed by atoms with Gasteiger partial charge in [-0.3, -0.25) is 0 Å². The zero-order valence-electron chi connectivity index (χ0n) is 19.9. The number of benzene rings is 2. The Labute approximate surface area is 215 Å². The van der Waals surface area contributed by atoms with E-state index in [4.69, 9.17) is 33.7 Å². The number of halogens is 2. The van der Waals surface area contributed by atoms with Crippen molar-refractivity contribution < 1.29 is 9.53 Å². The van der Waals surface area contributed by atoms with Crippen LogP contribution >= 0.6 is 23.2 Å². The molecule has 5 rings (SSSR count). The van der Waals surface area contributed by atoms with Gasteiger partial charge in [-0.1, -0.05) is 67.4 Å². The summed E-state index contributed by atoms with van der Waals surface area (Å²) in [6.45, 7) is 5.06. The van der Waals surface area contributed by atoms with E-state index in [0.29, 0.717) is 52.4 Å². The van der Waals surface area contributed by atoms with Gasteiger partial charge in [0.2, 0.25) is 5.95 Å². The molecular formula is C26H29Cl2N5O2. The number of anilines is 1. The molecule has 7 nitrogen and oxygen atoms in total. The number of nitrogen functional groups attached to an aromatic ring is 1. The minimum absolute atomic E-state index is 0.107. The number of rotatable bonds is 5. The highest BCUT2D eigenvalue weighted by atomic mass is 35.5. The van der Waals surface area contributed by atoms with E-state index in [0.717, 1.165) is 30.4 Å². The summed E-state index contributed by atoms with van der Waals surface area (Å²) in [6, 6.07) is 13.3. The number of fused-ring (bicyclic) bond motifs is 1. The molecule has 2 aliphatic rings. The Morgan fingerprint density at radius 3 is 2.57 bits per heavy atom. The number of carbonyl (C=O) groups is 1. The minimum Gasteiger partial charge on any atom is -0.488 e. The Bertz CT molecular complexity index is 1200. The first-order valence-electron chi connectivity index (χ1n) is 11.8. The van der Waals surface area contributed by atoms with Crippen LogP contribution in [0.5, 0.6) is 5.75 Å².